The van der Waals surface area contributed by atoms with Gasteiger partial charge in [0.25, 0.3) is 5.91 Å². The molecule has 0 aliphatic carbocycles. The third kappa shape index (κ3) is 4.29. The molecule has 0 fully saturated rings. The van der Waals surface area contributed by atoms with E-state index >= 15 is 0 Å². The van der Waals surface area contributed by atoms with Gasteiger partial charge in [0.2, 0.25) is 0 Å². The van der Waals surface area contributed by atoms with Crippen LogP contribution in [0.15, 0.2) is 0 Å². The summed E-state index contributed by atoms with van der Waals surface area (Å²) in [5.41, 5.74) is 6.56. The first-order valence-corrected chi connectivity index (χ1v) is 7.45. The van der Waals surface area contributed by atoms with Crippen molar-refractivity contribution in [2.75, 3.05) is 26.4 Å². The van der Waals surface area contributed by atoms with Crippen LogP contribution in [-0.2, 0) is 4.74 Å². The molecule has 0 spiro atoms. The van der Waals surface area contributed by atoms with E-state index in [1.54, 1.807) is 0 Å². The van der Waals surface area contributed by atoms with Crippen LogP contribution in [0.25, 0.3) is 0 Å². The Morgan fingerprint density at radius 3 is 2.00 bits per heavy atom. The van der Waals surface area contributed by atoms with Gasteiger partial charge in [-0.2, -0.15) is 0 Å². The van der Waals surface area contributed by atoms with Crippen molar-refractivity contribution in [3.8, 4) is 0 Å². The van der Waals surface area contributed by atoms with Crippen LogP contribution in [0.1, 0.15) is 44.6 Å². The monoisotopic (exact) mass is 293 g/mol. The van der Waals surface area contributed by atoms with E-state index in [4.69, 9.17) is 9.84 Å². The number of nitrogens with one attached hydrogen (secondary N) is 1. The fourth-order valence-corrected chi connectivity index (χ4v) is 2.47. The number of aliphatic hydroxyl groups excluding tert-OH is 1. The van der Waals surface area contributed by atoms with Crippen molar-refractivity contribution in [1.29, 1.82) is 0 Å². The standard InChI is InChI=1S/C17H27NO3/c1-11-12(2)14(4)16(15(5)13(11)3)17(20)18-7-6-9-21-10-8-19/h19H,6-10H2,1-5H3,(H,18,20). The number of benzene rings is 1. The van der Waals surface area contributed by atoms with E-state index in [9.17, 15) is 4.79 Å². The van der Waals surface area contributed by atoms with Gasteiger partial charge in [0.05, 0.1) is 13.2 Å². The molecule has 1 aromatic carbocycles. The number of hydrogen-bond acceptors (Lipinski definition) is 3. The summed E-state index contributed by atoms with van der Waals surface area (Å²) in [5.74, 6) is -0.0154. The van der Waals surface area contributed by atoms with Crippen molar-refractivity contribution in [3.05, 3.63) is 33.4 Å². The quantitative estimate of drug-likeness (QED) is 0.759. The highest BCUT2D eigenvalue weighted by molar-refractivity contribution is 5.98. The smallest absolute Gasteiger partial charge is 0.251 e. The molecule has 0 aliphatic heterocycles. The van der Waals surface area contributed by atoms with Crippen LogP contribution in [-0.4, -0.2) is 37.4 Å². The largest absolute Gasteiger partial charge is 0.394 e. The van der Waals surface area contributed by atoms with E-state index in [0.29, 0.717) is 19.8 Å². The summed E-state index contributed by atoms with van der Waals surface area (Å²) in [6.07, 6.45) is 0.744. The number of amides is 1. The normalized spacial score (nSPS) is 10.8. The van der Waals surface area contributed by atoms with Crippen molar-refractivity contribution in [1.82, 2.24) is 5.32 Å². The predicted octanol–water partition coefficient (Wildman–Crippen LogP) is 2.36. The topological polar surface area (TPSA) is 58.6 Å². The number of hydrogen-bond donors (Lipinski definition) is 2. The van der Waals surface area contributed by atoms with Gasteiger partial charge >= 0.3 is 0 Å². The van der Waals surface area contributed by atoms with Gasteiger partial charge in [0, 0.05) is 18.7 Å². The summed E-state index contributed by atoms with van der Waals surface area (Å²) in [6.45, 7) is 11.8. The molecular weight excluding hydrogens is 266 g/mol. The third-order valence-corrected chi connectivity index (χ3v) is 4.21. The molecule has 1 rings (SSSR count). The zero-order valence-electron chi connectivity index (χ0n) is 13.8. The molecule has 0 saturated carbocycles. The van der Waals surface area contributed by atoms with Crippen molar-refractivity contribution in [2.45, 2.75) is 41.0 Å². The lowest BCUT2D eigenvalue weighted by Crippen LogP contribution is -2.27. The van der Waals surface area contributed by atoms with E-state index in [1.165, 1.54) is 16.7 Å². The molecule has 0 bridgehead atoms. The van der Waals surface area contributed by atoms with Gasteiger partial charge in [-0.25, -0.2) is 0 Å². The van der Waals surface area contributed by atoms with Crippen molar-refractivity contribution >= 4 is 5.91 Å². The molecule has 1 aromatic rings. The second kappa shape index (κ2) is 8.15. The van der Waals surface area contributed by atoms with Gasteiger partial charge < -0.3 is 15.2 Å². The van der Waals surface area contributed by atoms with Crippen molar-refractivity contribution in [3.63, 3.8) is 0 Å². The molecule has 0 unspecified atom stereocenters. The summed E-state index contributed by atoms with van der Waals surface area (Å²) in [7, 11) is 0. The minimum absolute atomic E-state index is 0.0154. The Hall–Kier alpha value is -1.39. The van der Waals surface area contributed by atoms with Gasteiger partial charge in [-0.15, -0.1) is 0 Å². The first-order valence-electron chi connectivity index (χ1n) is 7.45. The maximum Gasteiger partial charge on any atom is 0.251 e. The maximum atomic E-state index is 12.4. The van der Waals surface area contributed by atoms with E-state index in [0.717, 1.165) is 23.1 Å². The Balaban J connectivity index is 2.71. The van der Waals surface area contributed by atoms with E-state index in [2.05, 4.69) is 26.1 Å². The van der Waals surface area contributed by atoms with E-state index in [-0.39, 0.29) is 12.5 Å². The number of carbonyl (C=O) groups is 1. The van der Waals surface area contributed by atoms with Gasteiger partial charge in [-0.3, -0.25) is 4.79 Å². The minimum Gasteiger partial charge on any atom is -0.394 e. The molecule has 118 valence electrons. The molecular formula is C17H27NO3. The number of aliphatic hydroxyl groups is 1. The van der Waals surface area contributed by atoms with Gasteiger partial charge in [0.15, 0.2) is 0 Å². The van der Waals surface area contributed by atoms with Crippen LogP contribution in [0.4, 0.5) is 0 Å². The summed E-state index contributed by atoms with van der Waals surface area (Å²) in [4.78, 5) is 12.4. The molecule has 4 heteroatoms. The Morgan fingerprint density at radius 2 is 1.48 bits per heavy atom. The highest BCUT2D eigenvalue weighted by Crippen LogP contribution is 2.25. The first kappa shape index (κ1) is 17.7. The summed E-state index contributed by atoms with van der Waals surface area (Å²) >= 11 is 0. The highest BCUT2D eigenvalue weighted by atomic mass is 16.5. The molecule has 0 heterocycles. The molecule has 0 radical (unpaired) electrons. The van der Waals surface area contributed by atoms with Crippen LogP contribution in [0.3, 0.4) is 0 Å². The molecule has 21 heavy (non-hydrogen) atoms. The Kier molecular flexibility index (Phi) is 6.85. The van der Waals surface area contributed by atoms with Gasteiger partial charge in [0.1, 0.15) is 0 Å². The number of ether oxygens (including phenoxy) is 1. The van der Waals surface area contributed by atoms with Gasteiger partial charge in [-0.1, -0.05) is 0 Å². The third-order valence-electron chi connectivity index (χ3n) is 4.21. The maximum absolute atomic E-state index is 12.4. The van der Waals surface area contributed by atoms with Crippen molar-refractivity contribution < 1.29 is 14.6 Å². The average molecular weight is 293 g/mol. The fourth-order valence-electron chi connectivity index (χ4n) is 2.47. The molecule has 2 N–H and O–H groups in total. The average Bonchev–Trinajstić information content (AvgIpc) is 2.47. The zero-order chi connectivity index (χ0) is 16.0. The minimum atomic E-state index is -0.0154. The van der Waals surface area contributed by atoms with E-state index < -0.39 is 0 Å². The second-order valence-corrected chi connectivity index (χ2v) is 5.45. The van der Waals surface area contributed by atoms with Crippen LogP contribution >= 0.6 is 0 Å². The fraction of sp³-hybridized carbons (Fsp3) is 0.588. The second-order valence-electron chi connectivity index (χ2n) is 5.45. The molecule has 0 aromatic heterocycles. The lowest BCUT2D eigenvalue weighted by molar-refractivity contribution is 0.0867. The Bertz CT molecular complexity index is 480. The summed E-state index contributed by atoms with van der Waals surface area (Å²) in [6, 6.07) is 0. The molecule has 0 saturated heterocycles. The Morgan fingerprint density at radius 1 is 0.952 bits per heavy atom. The predicted molar refractivity (Wildman–Crippen MR) is 85.0 cm³/mol. The SMILES string of the molecule is Cc1c(C)c(C)c(C(=O)NCCCOCCO)c(C)c1C. The number of rotatable bonds is 7. The lowest BCUT2D eigenvalue weighted by Gasteiger charge is -2.18. The van der Waals surface area contributed by atoms with Crippen LogP contribution in [0.5, 0.6) is 0 Å². The van der Waals surface area contributed by atoms with E-state index in [1.807, 2.05) is 13.8 Å². The summed E-state index contributed by atoms with van der Waals surface area (Å²) in [5, 5.41) is 11.6. The van der Waals surface area contributed by atoms with Gasteiger partial charge in [-0.05, 0) is 68.9 Å². The van der Waals surface area contributed by atoms with Crippen molar-refractivity contribution in [2.24, 2.45) is 0 Å². The molecule has 1 amide bonds. The lowest BCUT2D eigenvalue weighted by atomic mass is 9.89. The zero-order valence-corrected chi connectivity index (χ0v) is 13.8. The van der Waals surface area contributed by atoms with Crippen LogP contribution < -0.4 is 5.32 Å². The molecule has 4 nitrogen and oxygen atoms in total. The first-order chi connectivity index (χ1) is 9.91. The molecule has 0 aliphatic rings. The Labute approximate surface area is 127 Å². The molecule has 0 atom stereocenters. The number of carbonyl (C=O) groups excluding carboxylic acids is 1. The highest BCUT2D eigenvalue weighted by Gasteiger charge is 2.17. The van der Waals surface area contributed by atoms with Crippen LogP contribution in [0.2, 0.25) is 0 Å². The summed E-state index contributed by atoms with van der Waals surface area (Å²) < 4.78 is 5.17. The van der Waals surface area contributed by atoms with Crippen LogP contribution in [0, 0.1) is 34.6 Å².